The molecule has 20 heavy (non-hydrogen) atoms. The van der Waals surface area contributed by atoms with Crippen molar-refractivity contribution in [2.45, 2.75) is 33.3 Å². The van der Waals surface area contributed by atoms with E-state index in [0.29, 0.717) is 16.9 Å². The molecule has 0 spiro atoms. The van der Waals surface area contributed by atoms with Crippen molar-refractivity contribution < 1.29 is 19.1 Å². The topological polar surface area (TPSA) is 76.7 Å². The summed E-state index contributed by atoms with van der Waals surface area (Å²) in [6.45, 7) is 4.73. The Kier molecular flexibility index (Phi) is 3.90. The fourth-order valence-corrected chi connectivity index (χ4v) is 2.14. The number of carbonyl (C=O) groups is 1. The summed E-state index contributed by atoms with van der Waals surface area (Å²) in [7, 11) is 0. The predicted octanol–water partition coefficient (Wildman–Crippen LogP) is 1.95. The standard InChI is InChI=1S/C15H16O5/c1-8(16)6-13-9(2)12-5-4-11(19-10(3)17)7-14(12)20-15(13)18/h4-5,7-8,16H,6H2,1-3H3/t8-/m0/s1. The maximum absolute atomic E-state index is 11.9. The number of benzene rings is 1. The van der Waals surface area contributed by atoms with Gasteiger partial charge in [0.2, 0.25) is 0 Å². The minimum Gasteiger partial charge on any atom is -0.427 e. The van der Waals surface area contributed by atoms with Crippen molar-refractivity contribution in [2.24, 2.45) is 0 Å². The molecule has 1 N–H and O–H groups in total. The second kappa shape index (κ2) is 5.46. The number of hydrogen-bond donors (Lipinski definition) is 1. The quantitative estimate of drug-likeness (QED) is 0.526. The third kappa shape index (κ3) is 2.88. The van der Waals surface area contributed by atoms with Gasteiger partial charge in [0.1, 0.15) is 11.3 Å². The zero-order chi connectivity index (χ0) is 14.9. The molecule has 0 bridgehead atoms. The van der Waals surface area contributed by atoms with E-state index in [1.807, 2.05) is 6.92 Å². The molecule has 0 saturated carbocycles. The predicted molar refractivity (Wildman–Crippen MR) is 73.9 cm³/mol. The number of aryl methyl sites for hydroxylation is 1. The number of rotatable bonds is 3. The number of aliphatic hydroxyl groups excluding tert-OH is 1. The van der Waals surface area contributed by atoms with E-state index in [-0.39, 0.29) is 6.42 Å². The van der Waals surface area contributed by atoms with Crippen LogP contribution >= 0.6 is 0 Å². The van der Waals surface area contributed by atoms with Gasteiger partial charge in [0.05, 0.1) is 6.10 Å². The van der Waals surface area contributed by atoms with Crippen LogP contribution < -0.4 is 10.4 Å². The summed E-state index contributed by atoms with van der Waals surface area (Å²) in [6.07, 6.45) is -0.370. The minimum absolute atomic E-state index is 0.246. The van der Waals surface area contributed by atoms with Crippen LogP contribution in [0.5, 0.6) is 5.75 Å². The molecular formula is C15H16O5. The molecule has 106 valence electrons. The first-order chi connectivity index (χ1) is 9.38. The first-order valence-corrected chi connectivity index (χ1v) is 6.31. The maximum Gasteiger partial charge on any atom is 0.339 e. The van der Waals surface area contributed by atoms with E-state index in [1.54, 1.807) is 19.1 Å². The van der Waals surface area contributed by atoms with E-state index in [4.69, 9.17) is 9.15 Å². The highest BCUT2D eigenvalue weighted by Gasteiger charge is 2.14. The molecule has 5 nitrogen and oxygen atoms in total. The highest BCUT2D eigenvalue weighted by Crippen LogP contribution is 2.24. The number of esters is 1. The van der Waals surface area contributed by atoms with Gasteiger partial charge in [-0.25, -0.2) is 4.79 Å². The third-order valence-electron chi connectivity index (χ3n) is 3.02. The van der Waals surface area contributed by atoms with Crippen LogP contribution in [0.2, 0.25) is 0 Å². The van der Waals surface area contributed by atoms with Gasteiger partial charge in [-0.05, 0) is 31.5 Å². The van der Waals surface area contributed by atoms with Gasteiger partial charge in [0.15, 0.2) is 0 Å². The SMILES string of the molecule is CC(=O)Oc1ccc2c(C)c(C[C@H](C)O)c(=O)oc2c1. The Hall–Kier alpha value is -2.14. The summed E-state index contributed by atoms with van der Waals surface area (Å²) in [6, 6.07) is 4.89. The zero-order valence-electron chi connectivity index (χ0n) is 11.6. The highest BCUT2D eigenvalue weighted by molar-refractivity contribution is 5.83. The lowest BCUT2D eigenvalue weighted by atomic mass is 10.0. The van der Waals surface area contributed by atoms with Crippen LogP contribution in [-0.4, -0.2) is 17.2 Å². The Bertz CT molecular complexity index is 712. The molecule has 0 aliphatic heterocycles. The summed E-state index contributed by atoms with van der Waals surface area (Å²) in [5.41, 5.74) is 1.12. The summed E-state index contributed by atoms with van der Waals surface area (Å²) < 4.78 is 10.2. The Labute approximate surface area is 115 Å². The van der Waals surface area contributed by atoms with E-state index >= 15 is 0 Å². The van der Waals surface area contributed by atoms with Gasteiger partial charge in [-0.2, -0.15) is 0 Å². The largest absolute Gasteiger partial charge is 0.427 e. The minimum atomic E-state index is -0.616. The molecule has 5 heteroatoms. The lowest BCUT2D eigenvalue weighted by Gasteiger charge is -2.10. The summed E-state index contributed by atoms with van der Waals surface area (Å²) in [5.74, 6) is -0.107. The number of aliphatic hydroxyl groups is 1. The van der Waals surface area contributed by atoms with Crippen molar-refractivity contribution in [1.82, 2.24) is 0 Å². The van der Waals surface area contributed by atoms with Crippen molar-refractivity contribution in [2.75, 3.05) is 0 Å². The summed E-state index contributed by atoms with van der Waals surface area (Å²) in [5, 5.41) is 10.2. The number of hydrogen-bond acceptors (Lipinski definition) is 5. The molecule has 0 fully saturated rings. The second-order valence-electron chi connectivity index (χ2n) is 4.80. The van der Waals surface area contributed by atoms with Gasteiger partial charge in [-0.3, -0.25) is 4.79 Å². The smallest absolute Gasteiger partial charge is 0.339 e. The monoisotopic (exact) mass is 276 g/mol. The lowest BCUT2D eigenvalue weighted by molar-refractivity contribution is -0.131. The van der Waals surface area contributed by atoms with E-state index in [1.165, 1.54) is 13.0 Å². The van der Waals surface area contributed by atoms with Crippen molar-refractivity contribution in [3.8, 4) is 5.75 Å². The average molecular weight is 276 g/mol. The van der Waals surface area contributed by atoms with Crippen molar-refractivity contribution in [3.05, 3.63) is 39.7 Å². The van der Waals surface area contributed by atoms with Gasteiger partial charge in [0.25, 0.3) is 0 Å². The average Bonchev–Trinajstić information content (AvgIpc) is 2.33. The fraction of sp³-hybridized carbons (Fsp3) is 0.333. The van der Waals surface area contributed by atoms with Crippen molar-refractivity contribution >= 4 is 16.9 Å². The van der Waals surface area contributed by atoms with Crippen molar-refractivity contribution in [1.29, 1.82) is 0 Å². The van der Waals surface area contributed by atoms with Crippen LogP contribution in [0.4, 0.5) is 0 Å². The van der Waals surface area contributed by atoms with Crippen LogP contribution in [0.15, 0.2) is 27.4 Å². The maximum atomic E-state index is 11.9. The molecule has 1 aromatic carbocycles. The molecule has 1 heterocycles. The van der Waals surface area contributed by atoms with Crippen LogP contribution in [0.25, 0.3) is 11.0 Å². The Morgan fingerprint density at radius 1 is 1.45 bits per heavy atom. The zero-order valence-corrected chi connectivity index (χ0v) is 11.6. The Balaban J connectivity index is 2.57. The van der Waals surface area contributed by atoms with Gasteiger partial charge < -0.3 is 14.3 Å². The molecule has 2 rings (SSSR count). The number of ether oxygens (including phenoxy) is 1. The van der Waals surface area contributed by atoms with Crippen molar-refractivity contribution in [3.63, 3.8) is 0 Å². The van der Waals surface area contributed by atoms with Gasteiger partial charge >= 0.3 is 11.6 Å². The molecule has 0 aliphatic carbocycles. The molecular weight excluding hydrogens is 260 g/mol. The molecule has 1 atom stereocenters. The number of carbonyl (C=O) groups excluding carboxylic acids is 1. The van der Waals surface area contributed by atoms with Gasteiger partial charge in [-0.1, -0.05) is 0 Å². The van der Waals surface area contributed by atoms with Crippen LogP contribution in [0.3, 0.4) is 0 Å². The molecule has 0 amide bonds. The third-order valence-corrected chi connectivity index (χ3v) is 3.02. The van der Waals surface area contributed by atoms with Crippen LogP contribution in [0.1, 0.15) is 25.0 Å². The molecule has 0 unspecified atom stereocenters. The molecule has 1 aromatic heterocycles. The van der Waals surface area contributed by atoms with Crippen LogP contribution in [-0.2, 0) is 11.2 Å². The summed E-state index contributed by atoms with van der Waals surface area (Å²) >= 11 is 0. The molecule has 0 aliphatic rings. The van der Waals surface area contributed by atoms with E-state index in [2.05, 4.69) is 0 Å². The van der Waals surface area contributed by atoms with Gasteiger partial charge in [0, 0.05) is 30.4 Å². The second-order valence-corrected chi connectivity index (χ2v) is 4.80. The molecule has 0 saturated heterocycles. The fourth-order valence-electron chi connectivity index (χ4n) is 2.14. The Morgan fingerprint density at radius 2 is 2.15 bits per heavy atom. The van der Waals surface area contributed by atoms with E-state index < -0.39 is 17.7 Å². The summed E-state index contributed by atoms with van der Waals surface area (Å²) in [4.78, 5) is 22.9. The first-order valence-electron chi connectivity index (χ1n) is 6.31. The van der Waals surface area contributed by atoms with E-state index in [9.17, 15) is 14.7 Å². The van der Waals surface area contributed by atoms with E-state index in [0.717, 1.165) is 10.9 Å². The number of fused-ring (bicyclic) bond motifs is 1. The Morgan fingerprint density at radius 3 is 2.75 bits per heavy atom. The lowest BCUT2D eigenvalue weighted by Crippen LogP contribution is -2.16. The molecule has 2 aromatic rings. The van der Waals surface area contributed by atoms with Crippen LogP contribution in [0, 0.1) is 6.92 Å². The van der Waals surface area contributed by atoms with Gasteiger partial charge in [-0.15, -0.1) is 0 Å². The molecule has 0 radical (unpaired) electrons. The normalized spacial score (nSPS) is 12.4. The highest BCUT2D eigenvalue weighted by atomic mass is 16.5. The first kappa shape index (κ1) is 14.3.